The Kier molecular flexibility index (Phi) is 3.64. The van der Waals surface area contributed by atoms with Crippen LogP contribution in [0.1, 0.15) is 5.56 Å². The molecule has 0 aromatic heterocycles. The topological polar surface area (TPSA) is 12.0 Å². The summed E-state index contributed by atoms with van der Waals surface area (Å²) in [6, 6.07) is 4.10. The maximum absolute atomic E-state index is 3.46. The first-order chi connectivity index (χ1) is 5.15. The third-order valence-corrected chi connectivity index (χ3v) is 3.66. The molecule has 0 amide bonds. The Morgan fingerprint density at radius 1 is 1.27 bits per heavy atom. The number of benzene rings is 1. The molecule has 0 aliphatic rings. The molecular weight excluding hydrogens is 385 g/mol. The molecule has 0 fully saturated rings. The summed E-state index contributed by atoms with van der Waals surface area (Å²) in [7, 11) is 0. The Balaban J connectivity index is 3.21. The molecule has 0 saturated carbocycles. The molecule has 1 aromatic carbocycles. The minimum Gasteiger partial charge on any atom is -0.328 e. The standard InChI is InChI=1S/C7H6Br2IN/c1-4-6(8)2-5(11-10)3-7(4)9/h2-3,11H,1H3. The maximum Gasteiger partial charge on any atom is 0.0560 e. The van der Waals surface area contributed by atoms with Gasteiger partial charge in [-0.3, -0.25) is 0 Å². The highest BCUT2D eigenvalue weighted by atomic mass is 127. The van der Waals surface area contributed by atoms with E-state index in [0.29, 0.717) is 0 Å². The van der Waals surface area contributed by atoms with Crippen molar-refractivity contribution in [1.82, 2.24) is 0 Å². The highest BCUT2D eigenvalue weighted by Crippen LogP contribution is 2.29. The van der Waals surface area contributed by atoms with Gasteiger partial charge in [0.1, 0.15) is 0 Å². The van der Waals surface area contributed by atoms with Gasteiger partial charge in [0.25, 0.3) is 0 Å². The van der Waals surface area contributed by atoms with Crippen LogP contribution in [0.2, 0.25) is 0 Å². The van der Waals surface area contributed by atoms with E-state index >= 15 is 0 Å². The van der Waals surface area contributed by atoms with Gasteiger partial charge < -0.3 is 3.53 Å². The van der Waals surface area contributed by atoms with Crippen LogP contribution in [0.15, 0.2) is 21.1 Å². The monoisotopic (exact) mass is 389 g/mol. The van der Waals surface area contributed by atoms with Crippen LogP contribution in [0.4, 0.5) is 5.69 Å². The molecule has 0 atom stereocenters. The van der Waals surface area contributed by atoms with Crippen molar-refractivity contribution in [3.8, 4) is 0 Å². The number of rotatable bonds is 1. The number of hydrogen-bond acceptors (Lipinski definition) is 1. The third-order valence-electron chi connectivity index (χ3n) is 1.39. The van der Waals surface area contributed by atoms with Gasteiger partial charge in [0.2, 0.25) is 0 Å². The minimum absolute atomic E-state index is 1.09. The summed E-state index contributed by atoms with van der Waals surface area (Å²) in [6.07, 6.45) is 0. The first kappa shape index (κ1) is 9.80. The van der Waals surface area contributed by atoms with Crippen molar-refractivity contribution in [2.24, 2.45) is 0 Å². The van der Waals surface area contributed by atoms with Crippen LogP contribution < -0.4 is 3.53 Å². The van der Waals surface area contributed by atoms with Gasteiger partial charge in [-0.05, 0) is 24.6 Å². The highest BCUT2D eigenvalue weighted by Gasteiger charge is 2.01. The fraction of sp³-hybridized carbons (Fsp3) is 0.143. The molecule has 1 N–H and O–H groups in total. The van der Waals surface area contributed by atoms with Gasteiger partial charge in [-0.25, -0.2) is 0 Å². The van der Waals surface area contributed by atoms with Gasteiger partial charge in [0.05, 0.1) is 22.9 Å². The van der Waals surface area contributed by atoms with Crippen LogP contribution in [-0.4, -0.2) is 0 Å². The Hall–Kier alpha value is 0.710. The molecule has 0 aliphatic heterocycles. The average molecular weight is 391 g/mol. The van der Waals surface area contributed by atoms with Gasteiger partial charge in [-0.1, -0.05) is 31.9 Å². The van der Waals surface area contributed by atoms with E-state index in [9.17, 15) is 0 Å². The lowest BCUT2D eigenvalue weighted by molar-refractivity contribution is 1.40. The van der Waals surface area contributed by atoms with Gasteiger partial charge in [0.15, 0.2) is 0 Å². The van der Waals surface area contributed by atoms with Gasteiger partial charge in [-0.15, -0.1) is 0 Å². The van der Waals surface area contributed by atoms with Crippen molar-refractivity contribution in [3.63, 3.8) is 0 Å². The number of halogens is 3. The maximum atomic E-state index is 3.46. The summed E-state index contributed by atoms with van der Waals surface area (Å²) in [5.41, 5.74) is 2.32. The Bertz CT molecular complexity index is 252. The van der Waals surface area contributed by atoms with Crippen LogP contribution in [0.3, 0.4) is 0 Å². The van der Waals surface area contributed by atoms with E-state index in [1.807, 2.05) is 12.1 Å². The fourth-order valence-electron chi connectivity index (χ4n) is 0.700. The van der Waals surface area contributed by atoms with Crippen molar-refractivity contribution < 1.29 is 0 Å². The first-order valence-corrected chi connectivity index (χ1v) is 5.64. The zero-order chi connectivity index (χ0) is 8.43. The fourth-order valence-corrected chi connectivity index (χ4v) is 2.20. The van der Waals surface area contributed by atoms with Crippen molar-refractivity contribution in [2.45, 2.75) is 6.92 Å². The molecule has 1 aromatic rings. The SMILES string of the molecule is Cc1c(Br)cc(NI)cc1Br. The van der Waals surface area contributed by atoms with E-state index in [1.165, 1.54) is 5.56 Å². The Morgan fingerprint density at radius 3 is 2.09 bits per heavy atom. The van der Waals surface area contributed by atoms with Crippen molar-refractivity contribution in [1.29, 1.82) is 0 Å². The molecular formula is C7H6Br2IN. The molecule has 0 aliphatic carbocycles. The molecule has 0 heterocycles. The Labute approximate surface area is 96.7 Å². The molecule has 0 bridgehead atoms. The molecule has 11 heavy (non-hydrogen) atoms. The zero-order valence-corrected chi connectivity index (χ0v) is 11.1. The van der Waals surface area contributed by atoms with Gasteiger partial charge >= 0.3 is 0 Å². The second kappa shape index (κ2) is 4.09. The molecule has 0 unspecified atom stereocenters. The van der Waals surface area contributed by atoms with E-state index in [0.717, 1.165) is 14.6 Å². The normalized spacial score (nSPS) is 9.82. The van der Waals surface area contributed by atoms with Crippen molar-refractivity contribution >= 4 is 60.4 Å². The van der Waals surface area contributed by atoms with E-state index in [-0.39, 0.29) is 0 Å². The summed E-state index contributed by atoms with van der Waals surface area (Å²) in [4.78, 5) is 0. The molecule has 1 nitrogen and oxygen atoms in total. The van der Waals surface area contributed by atoms with E-state index in [4.69, 9.17) is 0 Å². The summed E-state index contributed by atoms with van der Waals surface area (Å²) in [6.45, 7) is 2.06. The van der Waals surface area contributed by atoms with Crippen LogP contribution in [0.5, 0.6) is 0 Å². The molecule has 1 rings (SSSR count). The number of nitrogens with one attached hydrogen (secondary N) is 1. The predicted octanol–water partition coefficient (Wildman–Crippen LogP) is 4.28. The number of anilines is 1. The van der Waals surface area contributed by atoms with E-state index in [1.54, 1.807) is 0 Å². The van der Waals surface area contributed by atoms with Crippen molar-refractivity contribution in [2.75, 3.05) is 3.53 Å². The summed E-state index contributed by atoms with van der Waals surface area (Å²) in [5.74, 6) is 0. The molecule has 4 heteroatoms. The summed E-state index contributed by atoms with van der Waals surface area (Å²) < 4.78 is 5.28. The minimum atomic E-state index is 1.09. The van der Waals surface area contributed by atoms with Crippen LogP contribution in [-0.2, 0) is 0 Å². The van der Waals surface area contributed by atoms with Crippen LogP contribution >= 0.6 is 54.7 Å². The van der Waals surface area contributed by atoms with Gasteiger partial charge in [-0.2, -0.15) is 0 Å². The largest absolute Gasteiger partial charge is 0.328 e. The second-order valence-corrected chi connectivity index (χ2v) is 4.41. The summed E-state index contributed by atoms with van der Waals surface area (Å²) in [5, 5.41) is 0. The van der Waals surface area contributed by atoms with E-state index < -0.39 is 0 Å². The first-order valence-electron chi connectivity index (χ1n) is 2.97. The van der Waals surface area contributed by atoms with Crippen LogP contribution in [0, 0.1) is 6.92 Å². The molecule has 0 saturated heterocycles. The van der Waals surface area contributed by atoms with Crippen molar-refractivity contribution in [3.05, 3.63) is 26.6 Å². The molecule has 0 spiro atoms. The summed E-state index contributed by atoms with van der Waals surface area (Å²) >= 11 is 9.04. The lowest BCUT2D eigenvalue weighted by atomic mass is 10.2. The molecule has 0 radical (unpaired) electrons. The lowest BCUT2D eigenvalue weighted by Crippen LogP contribution is -1.83. The average Bonchev–Trinajstić information content (AvgIpc) is 1.99. The quantitative estimate of drug-likeness (QED) is 0.557. The highest BCUT2D eigenvalue weighted by molar-refractivity contribution is 14.1. The Morgan fingerprint density at radius 2 is 1.73 bits per heavy atom. The molecule has 60 valence electrons. The third kappa shape index (κ3) is 2.32. The predicted molar refractivity (Wildman–Crippen MR) is 64.2 cm³/mol. The number of hydrogen-bond donors (Lipinski definition) is 1. The van der Waals surface area contributed by atoms with Gasteiger partial charge in [0, 0.05) is 14.6 Å². The van der Waals surface area contributed by atoms with Crippen LogP contribution in [0.25, 0.3) is 0 Å². The lowest BCUT2D eigenvalue weighted by Gasteiger charge is -2.04. The second-order valence-electron chi connectivity index (χ2n) is 2.16. The van der Waals surface area contributed by atoms with E-state index in [2.05, 4.69) is 65.2 Å². The zero-order valence-electron chi connectivity index (χ0n) is 5.79. The smallest absolute Gasteiger partial charge is 0.0560 e.